The second-order valence-electron chi connectivity index (χ2n) is 12.6. The first-order valence-electron chi connectivity index (χ1n) is 15.2. The maximum atomic E-state index is 10.6. The molecule has 45 heavy (non-hydrogen) atoms. The number of aromatic hydroxyl groups is 1. The summed E-state index contributed by atoms with van der Waals surface area (Å²) >= 11 is 1.69. The molecule has 0 saturated heterocycles. The van der Waals surface area contributed by atoms with Crippen LogP contribution in [-0.4, -0.2) is 16.3 Å². The molecule has 0 fully saturated rings. The zero-order valence-electron chi connectivity index (χ0n) is 25.9. The molecular formula is C41H34N2OS. The summed E-state index contributed by atoms with van der Waals surface area (Å²) in [5.74, 6) is 0.215. The quantitative estimate of drug-likeness (QED) is 0.199. The van der Waals surface area contributed by atoms with Gasteiger partial charge in [0.2, 0.25) is 0 Å². The number of aliphatic imine (C=N–C) groups is 1. The first-order valence-corrected chi connectivity index (χ1v) is 16.0. The van der Waals surface area contributed by atoms with Crippen molar-refractivity contribution in [3.05, 3.63) is 138 Å². The molecule has 0 spiro atoms. The van der Waals surface area contributed by atoms with Crippen molar-refractivity contribution in [2.75, 3.05) is 0 Å². The number of fused-ring (bicyclic) bond motifs is 2. The van der Waals surface area contributed by atoms with Gasteiger partial charge in [0.15, 0.2) is 0 Å². The number of phenolic OH excluding ortho intramolecular Hbond substituents is 1. The van der Waals surface area contributed by atoms with Crippen LogP contribution in [0, 0.1) is 6.92 Å². The van der Waals surface area contributed by atoms with Gasteiger partial charge in [0.1, 0.15) is 10.8 Å². The molecule has 1 N–H and O–H groups in total. The van der Waals surface area contributed by atoms with Crippen molar-refractivity contribution in [1.82, 2.24) is 4.98 Å². The number of hydrogen-bond donors (Lipinski definition) is 1. The fourth-order valence-electron chi connectivity index (χ4n) is 5.83. The largest absolute Gasteiger partial charge is 0.507 e. The van der Waals surface area contributed by atoms with Crippen molar-refractivity contribution < 1.29 is 5.11 Å². The third-order valence-electron chi connectivity index (χ3n) is 8.30. The van der Waals surface area contributed by atoms with Gasteiger partial charge in [0, 0.05) is 22.9 Å². The van der Waals surface area contributed by atoms with Crippen molar-refractivity contribution >= 4 is 44.2 Å². The van der Waals surface area contributed by atoms with E-state index in [1.165, 1.54) is 33.0 Å². The molecule has 6 aromatic carbocycles. The molecule has 1 heterocycles. The van der Waals surface area contributed by atoms with E-state index in [-0.39, 0.29) is 11.2 Å². The highest BCUT2D eigenvalue weighted by Gasteiger charge is 2.18. The van der Waals surface area contributed by atoms with Crippen LogP contribution in [0.2, 0.25) is 0 Å². The fraction of sp³-hybridized carbons (Fsp3) is 0.122. The van der Waals surface area contributed by atoms with Crippen LogP contribution in [0.5, 0.6) is 5.75 Å². The van der Waals surface area contributed by atoms with Gasteiger partial charge in [0.25, 0.3) is 0 Å². The Morgan fingerprint density at radius 1 is 0.711 bits per heavy atom. The van der Waals surface area contributed by atoms with Crippen molar-refractivity contribution in [3.8, 4) is 38.6 Å². The number of benzene rings is 6. The molecule has 7 rings (SSSR count). The molecule has 0 aliphatic rings. The summed E-state index contributed by atoms with van der Waals surface area (Å²) in [4.78, 5) is 10.2. The second kappa shape index (κ2) is 11.5. The molecule has 7 aromatic rings. The van der Waals surface area contributed by atoms with E-state index in [0.717, 1.165) is 37.6 Å². The van der Waals surface area contributed by atoms with Crippen LogP contribution in [0.1, 0.15) is 37.5 Å². The Kier molecular flexibility index (Phi) is 7.31. The molecule has 0 atom stereocenters. The van der Waals surface area contributed by atoms with Gasteiger partial charge in [-0.15, -0.1) is 11.3 Å². The van der Waals surface area contributed by atoms with Crippen LogP contribution >= 0.6 is 11.3 Å². The maximum absolute atomic E-state index is 10.6. The lowest BCUT2D eigenvalue weighted by atomic mass is 9.86. The fourth-order valence-corrected chi connectivity index (χ4v) is 6.90. The molecule has 1 aromatic heterocycles. The monoisotopic (exact) mass is 602 g/mol. The Labute approximate surface area is 268 Å². The van der Waals surface area contributed by atoms with Gasteiger partial charge in [-0.05, 0) is 81.8 Å². The van der Waals surface area contributed by atoms with Gasteiger partial charge >= 0.3 is 0 Å². The Hall–Kier alpha value is -5.06. The van der Waals surface area contributed by atoms with Crippen molar-refractivity contribution in [1.29, 1.82) is 0 Å². The topological polar surface area (TPSA) is 45.5 Å². The maximum Gasteiger partial charge on any atom is 0.126 e. The van der Waals surface area contributed by atoms with Crippen LogP contribution < -0.4 is 0 Å². The van der Waals surface area contributed by atoms with Crippen molar-refractivity contribution in [3.63, 3.8) is 0 Å². The van der Waals surface area contributed by atoms with Gasteiger partial charge in [-0.1, -0.05) is 111 Å². The van der Waals surface area contributed by atoms with Crippen molar-refractivity contribution in [2.24, 2.45) is 4.99 Å². The average Bonchev–Trinajstić information content (AvgIpc) is 3.47. The summed E-state index contributed by atoms with van der Waals surface area (Å²) in [5, 5.41) is 13.9. The molecule has 0 aliphatic heterocycles. The Morgan fingerprint density at radius 3 is 2.31 bits per heavy atom. The minimum Gasteiger partial charge on any atom is -0.507 e. The summed E-state index contributed by atoms with van der Waals surface area (Å²) in [5.41, 5.74) is 10.4. The van der Waals surface area contributed by atoms with Crippen LogP contribution in [0.3, 0.4) is 0 Å². The lowest BCUT2D eigenvalue weighted by molar-refractivity contribution is 0.473. The summed E-state index contributed by atoms with van der Waals surface area (Å²) in [6.07, 6.45) is 1.76. The number of hydrogen-bond acceptors (Lipinski definition) is 4. The van der Waals surface area contributed by atoms with E-state index in [2.05, 4.69) is 113 Å². The first kappa shape index (κ1) is 28.7. The zero-order chi connectivity index (χ0) is 31.1. The summed E-state index contributed by atoms with van der Waals surface area (Å²) in [6.45, 7) is 8.63. The van der Waals surface area contributed by atoms with Crippen LogP contribution in [-0.2, 0) is 5.41 Å². The lowest BCUT2D eigenvalue weighted by Gasteiger charge is -2.19. The predicted molar refractivity (Wildman–Crippen MR) is 192 cm³/mol. The van der Waals surface area contributed by atoms with E-state index in [1.54, 1.807) is 23.6 Å². The first-order chi connectivity index (χ1) is 21.7. The number of thiazole rings is 1. The van der Waals surface area contributed by atoms with Crippen LogP contribution in [0.15, 0.2) is 126 Å². The molecular weight excluding hydrogens is 569 g/mol. The van der Waals surface area contributed by atoms with E-state index >= 15 is 0 Å². The van der Waals surface area contributed by atoms with Gasteiger partial charge in [-0.3, -0.25) is 4.99 Å². The normalized spacial score (nSPS) is 12.0. The summed E-state index contributed by atoms with van der Waals surface area (Å²) < 4.78 is 1.13. The number of phenols is 1. The minimum absolute atomic E-state index is 0.0335. The second-order valence-corrected chi connectivity index (χ2v) is 13.6. The lowest BCUT2D eigenvalue weighted by Crippen LogP contribution is -2.11. The number of aryl methyl sites for hydroxylation is 1. The van der Waals surface area contributed by atoms with Gasteiger partial charge < -0.3 is 5.11 Å². The van der Waals surface area contributed by atoms with E-state index in [1.807, 2.05) is 30.3 Å². The molecule has 220 valence electrons. The highest BCUT2D eigenvalue weighted by molar-refractivity contribution is 7.21. The van der Waals surface area contributed by atoms with Gasteiger partial charge in [0.05, 0.1) is 15.9 Å². The smallest absolute Gasteiger partial charge is 0.126 e. The molecule has 3 nitrogen and oxygen atoms in total. The van der Waals surface area contributed by atoms with E-state index in [4.69, 9.17) is 9.98 Å². The molecule has 4 heteroatoms. The SMILES string of the molecule is Cc1cccc(-c2cc(-c3cccc4ccccc34)c3nc(-c4ccccc4N=Cc4cc(C(C)(C)C)ccc4O)sc3c2)c1. The molecule has 0 unspecified atom stereocenters. The molecule has 0 saturated carbocycles. The van der Waals surface area contributed by atoms with E-state index in [9.17, 15) is 5.11 Å². The average molecular weight is 603 g/mol. The zero-order valence-corrected chi connectivity index (χ0v) is 26.7. The molecule has 0 amide bonds. The Bertz CT molecular complexity index is 2230. The standard InChI is InChI=1S/C41H34N2OS/c1-26-11-9-14-28(21-26)29-23-35(33-17-10-13-27-12-5-6-15-32(27)33)39-38(24-29)45-40(43-39)34-16-7-8-18-36(34)42-25-30-22-31(41(2,3)4)19-20-37(30)44/h5-25,44H,1-4H3. The number of rotatable bonds is 5. The van der Waals surface area contributed by atoms with Crippen LogP contribution in [0.25, 0.3) is 53.8 Å². The third kappa shape index (κ3) is 5.65. The minimum atomic E-state index is -0.0335. The van der Waals surface area contributed by atoms with E-state index in [0.29, 0.717) is 5.56 Å². The highest BCUT2D eigenvalue weighted by atomic mass is 32.1. The van der Waals surface area contributed by atoms with Crippen LogP contribution in [0.4, 0.5) is 5.69 Å². The Balaban J connectivity index is 1.39. The number of para-hydroxylation sites is 1. The third-order valence-corrected chi connectivity index (χ3v) is 9.33. The molecule has 0 aliphatic carbocycles. The summed E-state index contributed by atoms with van der Waals surface area (Å²) in [7, 11) is 0. The predicted octanol–water partition coefficient (Wildman–Crippen LogP) is 11.5. The van der Waals surface area contributed by atoms with E-state index < -0.39 is 0 Å². The molecule has 0 radical (unpaired) electrons. The van der Waals surface area contributed by atoms with Crippen molar-refractivity contribution in [2.45, 2.75) is 33.1 Å². The molecule has 0 bridgehead atoms. The summed E-state index contributed by atoms with van der Waals surface area (Å²) in [6, 6.07) is 42.1. The van der Waals surface area contributed by atoms with Gasteiger partial charge in [-0.2, -0.15) is 0 Å². The highest BCUT2D eigenvalue weighted by Crippen LogP contribution is 2.43. The number of aromatic nitrogens is 1. The number of nitrogens with zero attached hydrogens (tertiary/aromatic N) is 2. The van der Waals surface area contributed by atoms with Gasteiger partial charge in [-0.25, -0.2) is 4.98 Å². The Morgan fingerprint density at radius 2 is 1.47 bits per heavy atom.